The number of rotatable bonds is 7. The summed E-state index contributed by atoms with van der Waals surface area (Å²) in [4.78, 5) is 4.26. The number of hydrogen-bond donors (Lipinski definition) is 3. The zero-order valence-electron chi connectivity index (χ0n) is 9.69. The summed E-state index contributed by atoms with van der Waals surface area (Å²) >= 11 is 1.71. The molecular weight excluding hydrogens is 248 g/mol. The molecule has 0 aromatic rings. The van der Waals surface area contributed by atoms with Crippen molar-refractivity contribution in [1.82, 2.24) is 10.6 Å². The summed E-state index contributed by atoms with van der Waals surface area (Å²) < 4.78 is 21.4. The van der Waals surface area contributed by atoms with Crippen LogP contribution in [0.2, 0.25) is 0 Å². The van der Waals surface area contributed by atoms with Crippen molar-refractivity contribution >= 4 is 27.7 Å². The van der Waals surface area contributed by atoms with Crippen molar-refractivity contribution < 1.29 is 8.42 Å². The molecule has 96 valence electrons. The first-order valence-electron chi connectivity index (χ1n) is 5.01. The second kappa shape index (κ2) is 8.66. The zero-order valence-corrected chi connectivity index (χ0v) is 11.3. The molecular formula is C8H20N4O2S2. The van der Waals surface area contributed by atoms with Gasteiger partial charge in [-0.1, -0.05) is 0 Å². The Morgan fingerprint density at radius 1 is 1.44 bits per heavy atom. The first kappa shape index (κ1) is 15.5. The van der Waals surface area contributed by atoms with Crippen LogP contribution in [-0.2, 0) is 10.0 Å². The molecule has 0 saturated carbocycles. The fourth-order valence-corrected chi connectivity index (χ4v) is 1.56. The number of nitrogens with one attached hydrogen (secondary N) is 2. The molecule has 0 spiro atoms. The van der Waals surface area contributed by atoms with E-state index in [4.69, 9.17) is 5.14 Å². The molecule has 0 aliphatic heterocycles. The minimum Gasteiger partial charge on any atom is -0.357 e. The van der Waals surface area contributed by atoms with Crippen LogP contribution in [0, 0.1) is 0 Å². The van der Waals surface area contributed by atoms with Crippen molar-refractivity contribution in [3.8, 4) is 0 Å². The van der Waals surface area contributed by atoms with Crippen LogP contribution in [0.3, 0.4) is 0 Å². The minimum absolute atomic E-state index is 0.0973. The van der Waals surface area contributed by atoms with Crippen molar-refractivity contribution in [1.29, 1.82) is 0 Å². The fourth-order valence-electron chi connectivity index (χ4n) is 0.902. The Bertz CT molecular complexity index is 303. The lowest BCUT2D eigenvalue weighted by Crippen LogP contribution is -2.40. The third kappa shape index (κ3) is 10.1. The van der Waals surface area contributed by atoms with Gasteiger partial charge in [-0.15, -0.1) is 0 Å². The van der Waals surface area contributed by atoms with E-state index in [1.165, 1.54) is 0 Å². The first-order chi connectivity index (χ1) is 7.49. The summed E-state index contributed by atoms with van der Waals surface area (Å²) in [5.74, 6) is 1.46. The summed E-state index contributed by atoms with van der Waals surface area (Å²) in [6.07, 6.45) is 2.01. The highest BCUT2D eigenvalue weighted by Gasteiger charge is 2.02. The topological polar surface area (TPSA) is 96.6 Å². The highest BCUT2D eigenvalue weighted by atomic mass is 32.2. The average Bonchev–Trinajstić information content (AvgIpc) is 2.16. The number of aliphatic imine (C=N–C) groups is 1. The third-order valence-corrected chi connectivity index (χ3v) is 2.95. The molecule has 16 heavy (non-hydrogen) atoms. The van der Waals surface area contributed by atoms with Crippen LogP contribution in [0.5, 0.6) is 0 Å². The molecule has 8 heteroatoms. The van der Waals surface area contributed by atoms with Crippen molar-refractivity contribution in [2.45, 2.75) is 6.92 Å². The Kier molecular flexibility index (Phi) is 8.40. The van der Waals surface area contributed by atoms with Gasteiger partial charge in [0.15, 0.2) is 5.96 Å². The van der Waals surface area contributed by atoms with Crippen molar-refractivity contribution in [2.75, 3.05) is 37.4 Å². The summed E-state index contributed by atoms with van der Waals surface area (Å²) in [6.45, 7) is 3.65. The molecule has 0 amide bonds. The van der Waals surface area contributed by atoms with Crippen molar-refractivity contribution in [2.24, 2.45) is 10.1 Å². The van der Waals surface area contributed by atoms with Crippen molar-refractivity contribution in [3.63, 3.8) is 0 Å². The highest BCUT2D eigenvalue weighted by molar-refractivity contribution is 7.98. The van der Waals surface area contributed by atoms with E-state index in [9.17, 15) is 8.42 Å². The maximum absolute atomic E-state index is 10.7. The van der Waals surface area contributed by atoms with Gasteiger partial charge in [0.25, 0.3) is 0 Å². The lowest BCUT2D eigenvalue weighted by atomic mass is 10.6. The summed E-state index contributed by atoms with van der Waals surface area (Å²) in [6, 6.07) is 0. The van der Waals surface area contributed by atoms with E-state index in [-0.39, 0.29) is 12.3 Å². The predicted octanol–water partition coefficient (Wildman–Crippen LogP) is -0.807. The van der Waals surface area contributed by atoms with Crippen LogP contribution in [0.15, 0.2) is 4.99 Å². The molecule has 4 N–H and O–H groups in total. The predicted molar refractivity (Wildman–Crippen MR) is 70.3 cm³/mol. The molecule has 6 nitrogen and oxygen atoms in total. The molecule has 0 fully saturated rings. The zero-order chi connectivity index (χ0) is 12.4. The maximum atomic E-state index is 10.7. The van der Waals surface area contributed by atoms with Crippen LogP contribution in [0.4, 0.5) is 0 Å². The van der Waals surface area contributed by atoms with Gasteiger partial charge >= 0.3 is 0 Å². The lowest BCUT2D eigenvalue weighted by molar-refractivity contribution is 0.596. The van der Waals surface area contributed by atoms with E-state index >= 15 is 0 Å². The molecule has 0 rings (SSSR count). The SMILES string of the molecule is CCNC(=NCCSC)NCCS(N)(=O)=O. The standard InChI is InChI=1S/C8H20N4O2S2/c1-3-10-8(11-4-6-15-2)12-5-7-16(9,13)14/h3-7H2,1-2H3,(H2,9,13,14)(H2,10,11,12). The fraction of sp³-hybridized carbons (Fsp3) is 0.875. The van der Waals surface area contributed by atoms with E-state index in [1.54, 1.807) is 11.8 Å². The van der Waals surface area contributed by atoms with E-state index in [2.05, 4.69) is 15.6 Å². The van der Waals surface area contributed by atoms with E-state index in [0.29, 0.717) is 12.5 Å². The largest absolute Gasteiger partial charge is 0.357 e. The Morgan fingerprint density at radius 2 is 2.12 bits per heavy atom. The van der Waals surface area contributed by atoms with Gasteiger partial charge < -0.3 is 10.6 Å². The molecule has 0 radical (unpaired) electrons. The van der Waals surface area contributed by atoms with Crippen molar-refractivity contribution in [3.05, 3.63) is 0 Å². The number of sulfonamides is 1. The molecule has 0 bridgehead atoms. The Morgan fingerprint density at radius 3 is 2.62 bits per heavy atom. The molecule has 0 aromatic heterocycles. The van der Waals surface area contributed by atoms with Crippen LogP contribution in [-0.4, -0.2) is 51.8 Å². The van der Waals surface area contributed by atoms with E-state index in [1.807, 2.05) is 13.2 Å². The number of hydrogen-bond acceptors (Lipinski definition) is 4. The molecule has 0 aliphatic rings. The molecule has 0 aliphatic carbocycles. The van der Waals surface area contributed by atoms with Gasteiger partial charge in [-0.2, -0.15) is 11.8 Å². The van der Waals surface area contributed by atoms with Gasteiger partial charge in [-0.3, -0.25) is 4.99 Å². The van der Waals surface area contributed by atoms with Gasteiger partial charge in [-0.05, 0) is 13.2 Å². The first-order valence-corrected chi connectivity index (χ1v) is 8.12. The van der Waals surface area contributed by atoms with Crippen LogP contribution >= 0.6 is 11.8 Å². The summed E-state index contributed by atoms with van der Waals surface area (Å²) in [7, 11) is -3.41. The second-order valence-corrected chi connectivity index (χ2v) is 5.77. The number of nitrogens with two attached hydrogens (primary N) is 1. The normalized spacial score (nSPS) is 12.6. The number of thioether (sulfide) groups is 1. The second-order valence-electron chi connectivity index (χ2n) is 3.05. The molecule has 0 saturated heterocycles. The maximum Gasteiger partial charge on any atom is 0.210 e. The summed E-state index contributed by atoms with van der Waals surface area (Å²) in [5, 5.41) is 10.8. The van der Waals surface area contributed by atoms with Gasteiger partial charge in [0.1, 0.15) is 0 Å². The van der Waals surface area contributed by atoms with Crippen LogP contribution in [0.25, 0.3) is 0 Å². The van der Waals surface area contributed by atoms with Gasteiger partial charge in [0.05, 0.1) is 12.3 Å². The minimum atomic E-state index is -3.41. The number of primary sulfonamides is 1. The number of nitrogens with zero attached hydrogens (tertiary/aromatic N) is 1. The summed E-state index contributed by atoms with van der Waals surface area (Å²) in [5.41, 5.74) is 0. The van der Waals surface area contributed by atoms with E-state index < -0.39 is 10.0 Å². The molecule has 0 heterocycles. The Balaban J connectivity index is 3.98. The number of guanidine groups is 1. The smallest absolute Gasteiger partial charge is 0.210 e. The monoisotopic (exact) mass is 268 g/mol. The van der Waals surface area contributed by atoms with Crippen LogP contribution in [0.1, 0.15) is 6.92 Å². The Hall–Kier alpha value is -0.470. The average molecular weight is 268 g/mol. The molecule has 0 unspecified atom stereocenters. The van der Waals surface area contributed by atoms with E-state index in [0.717, 1.165) is 12.3 Å². The third-order valence-electron chi connectivity index (χ3n) is 1.59. The van der Waals surface area contributed by atoms with Gasteiger partial charge in [-0.25, -0.2) is 13.6 Å². The molecule has 0 aromatic carbocycles. The lowest BCUT2D eigenvalue weighted by Gasteiger charge is -2.10. The quantitative estimate of drug-likeness (QED) is 0.319. The Labute approximate surface area is 102 Å². The van der Waals surface area contributed by atoms with Crippen LogP contribution < -0.4 is 15.8 Å². The highest BCUT2D eigenvalue weighted by Crippen LogP contribution is 1.89. The van der Waals surface area contributed by atoms with Gasteiger partial charge in [0, 0.05) is 18.8 Å². The van der Waals surface area contributed by atoms with Gasteiger partial charge in [0.2, 0.25) is 10.0 Å². The molecule has 0 atom stereocenters.